The van der Waals surface area contributed by atoms with E-state index in [-0.39, 0.29) is 17.2 Å². The number of nitrogens with one attached hydrogen (secondary N) is 1. The number of nitrogens with zero attached hydrogens (tertiary/aromatic N) is 1. The maximum Gasteiger partial charge on any atom is 0.256 e. The number of rotatable bonds is 4. The molecule has 128 valence electrons. The highest BCUT2D eigenvalue weighted by Crippen LogP contribution is 2.48. The molecular weight excluding hydrogens is 336 g/mol. The van der Waals surface area contributed by atoms with Gasteiger partial charge < -0.3 is 15.0 Å². The lowest BCUT2D eigenvalue weighted by atomic mass is 10.1. The summed E-state index contributed by atoms with van der Waals surface area (Å²) in [6, 6.07) is 14.8. The van der Waals surface area contributed by atoms with Crippen molar-refractivity contribution in [3.63, 3.8) is 0 Å². The van der Waals surface area contributed by atoms with Gasteiger partial charge in [-0.1, -0.05) is 30.3 Å². The second kappa shape index (κ2) is 6.44. The van der Waals surface area contributed by atoms with E-state index >= 15 is 0 Å². The third-order valence-corrected chi connectivity index (χ3v) is 5.90. The maximum absolute atomic E-state index is 12.7. The summed E-state index contributed by atoms with van der Waals surface area (Å²) in [6.07, 6.45) is 0. The number of hydrogen-bond acceptors (Lipinski definition) is 4. The van der Waals surface area contributed by atoms with E-state index in [1.165, 1.54) is 0 Å². The summed E-state index contributed by atoms with van der Waals surface area (Å²) in [5.41, 5.74) is 2.69. The molecule has 2 aromatic rings. The summed E-state index contributed by atoms with van der Waals surface area (Å²) in [4.78, 5) is 27.0. The highest BCUT2D eigenvalue weighted by atomic mass is 32.2. The molecule has 2 atom stereocenters. The molecule has 2 heterocycles. The van der Waals surface area contributed by atoms with Crippen molar-refractivity contribution >= 4 is 23.6 Å². The Morgan fingerprint density at radius 3 is 2.96 bits per heavy atom. The van der Waals surface area contributed by atoms with Gasteiger partial charge in [0.25, 0.3) is 5.91 Å². The number of ether oxygens (including phenoxy) is 1. The summed E-state index contributed by atoms with van der Waals surface area (Å²) in [6.45, 7) is 0.414. The standard InChI is InChI=1S/C19H18N2O3S/c1-24-13-6-4-5-12(9-13)10-20-17(22)16-11-25-19-15-8-3-2-7-14(15)18(23)21(16)19/h2-9,16,19H,10-11H2,1H3,(H,20,22)/t16-,19?/m0/s1. The predicted octanol–water partition coefficient (Wildman–Crippen LogP) is 2.58. The van der Waals surface area contributed by atoms with Crippen LogP contribution < -0.4 is 10.1 Å². The number of carbonyl (C=O) groups is 2. The van der Waals surface area contributed by atoms with Gasteiger partial charge in [0.2, 0.25) is 5.91 Å². The third-order valence-electron chi connectivity index (χ3n) is 4.60. The van der Waals surface area contributed by atoms with Crippen LogP contribution in [0.1, 0.15) is 26.9 Å². The first kappa shape index (κ1) is 16.0. The smallest absolute Gasteiger partial charge is 0.256 e. The number of hydrogen-bond donors (Lipinski definition) is 1. The topological polar surface area (TPSA) is 58.6 Å². The number of fused-ring (bicyclic) bond motifs is 3. The number of carbonyl (C=O) groups excluding carboxylic acids is 2. The first-order chi connectivity index (χ1) is 12.2. The van der Waals surface area contributed by atoms with Gasteiger partial charge in [0.15, 0.2) is 0 Å². The van der Waals surface area contributed by atoms with Crippen molar-refractivity contribution in [2.75, 3.05) is 12.9 Å². The van der Waals surface area contributed by atoms with Crippen LogP contribution >= 0.6 is 11.8 Å². The van der Waals surface area contributed by atoms with Crippen molar-refractivity contribution in [3.05, 3.63) is 65.2 Å². The lowest BCUT2D eigenvalue weighted by molar-refractivity contribution is -0.124. The number of amides is 2. The highest BCUT2D eigenvalue weighted by molar-refractivity contribution is 7.99. The zero-order valence-electron chi connectivity index (χ0n) is 13.8. The molecule has 1 saturated heterocycles. The van der Waals surface area contributed by atoms with Crippen LogP contribution in [-0.2, 0) is 11.3 Å². The van der Waals surface area contributed by atoms with Crippen molar-refractivity contribution in [2.45, 2.75) is 18.0 Å². The van der Waals surface area contributed by atoms with Gasteiger partial charge in [-0.3, -0.25) is 9.59 Å². The Labute approximate surface area is 150 Å². The molecule has 0 bridgehead atoms. The summed E-state index contributed by atoms with van der Waals surface area (Å²) < 4.78 is 5.20. The van der Waals surface area contributed by atoms with Crippen molar-refractivity contribution < 1.29 is 14.3 Å². The van der Waals surface area contributed by atoms with Gasteiger partial charge >= 0.3 is 0 Å². The van der Waals surface area contributed by atoms with Crippen molar-refractivity contribution in [3.8, 4) is 5.75 Å². The second-order valence-corrected chi connectivity index (χ2v) is 7.18. The fraction of sp³-hybridized carbons (Fsp3) is 0.263. The van der Waals surface area contributed by atoms with Crippen LogP contribution in [0.3, 0.4) is 0 Å². The van der Waals surface area contributed by atoms with E-state index < -0.39 is 6.04 Å². The SMILES string of the molecule is COc1cccc(CNC(=O)[C@@H]2CSC3c4ccccc4C(=O)N32)c1. The van der Waals surface area contributed by atoms with Crippen molar-refractivity contribution in [2.24, 2.45) is 0 Å². The molecule has 4 rings (SSSR count). The molecule has 2 aliphatic heterocycles. The molecule has 25 heavy (non-hydrogen) atoms. The largest absolute Gasteiger partial charge is 0.497 e. The van der Waals surface area contributed by atoms with E-state index in [2.05, 4.69) is 5.32 Å². The summed E-state index contributed by atoms with van der Waals surface area (Å²) in [7, 11) is 1.62. The van der Waals surface area contributed by atoms with E-state index in [4.69, 9.17) is 4.74 Å². The first-order valence-corrected chi connectivity index (χ1v) is 9.18. The van der Waals surface area contributed by atoms with Gasteiger partial charge in [-0.05, 0) is 29.3 Å². The van der Waals surface area contributed by atoms with Crippen LogP contribution in [0.5, 0.6) is 5.75 Å². The zero-order chi connectivity index (χ0) is 17.4. The number of methoxy groups -OCH3 is 1. The number of benzene rings is 2. The van der Waals surface area contributed by atoms with Crippen LogP contribution in [0.2, 0.25) is 0 Å². The Morgan fingerprint density at radius 2 is 2.12 bits per heavy atom. The quantitative estimate of drug-likeness (QED) is 0.917. The predicted molar refractivity (Wildman–Crippen MR) is 96.4 cm³/mol. The average molecular weight is 354 g/mol. The first-order valence-electron chi connectivity index (χ1n) is 8.13. The summed E-state index contributed by atoms with van der Waals surface area (Å²) in [5.74, 6) is 1.22. The van der Waals surface area contributed by atoms with Crippen molar-refractivity contribution in [1.29, 1.82) is 0 Å². The Morgan fingerprint density at radius 1 is 1.28 bits per heavy atom. The lowest BCUT2D eigenvalue weighted by Crippen LogP contribution is -2.45. The van der Waals surface area contributed by atoms with Crippen molar-refractivity contribution in [1.82, 2.24) is 10.2 Å². The highest BCUT2D eigenvalue weighted by Gasteiger charge is 2.48. The van der Waals surface area contributed by atoms with E-state index in [0.29, 0.717) is 17.9 Å². The molecule has 0 aromatic heterocycles. The monoisotopic (exact) mass is 354 g/mol. The molecule has 2 amide bonds. The molecule has 0 spiro atoms. The Kier molecular flexibility index (Phi) is 4.13. The molecule has 0 aliphatic carbocycles. The maximum atomic E-state index is 12.7. The Balaban J connectivity index is 1.46. The second-order valence-electron chi connectivity index (χ2n) is 6.07. The summed E-state index contributed by atoms with van der Waals surface area (Å²) >= 11 is 1.65. The minimum atomic E-state index is -0.430. The van der Waals surface area contributed by atoms with Gasteiger partial charge in [-0.2, -0.15) is 0 Å². The van der Waals surface area contributed by atoms with Crippen LogP contribution in [0, 0.1) is 0 Å². The van der Waals surface area contributed by atoms with Crippen LogP contribution in [0.15, 0.2) is 48.5 Å². The minimum absolute atomic E-state index is 0.0451. The molecule has 1 N–H and O–H groups in total. The van der Waals surface area contributed by atoms with Crippen LogP contribution in [-0.4, -0.2) is 35.6 Å². The molecular formula is C19H18N2O3S. The lowest BCUT2D eigenvalue weighted by Gasteiger charge is -2.22. The molecule has 6 heteroatoms. The zero-order valence-corrected chi connectivity index (χ0v) is 14.6. The van der Waals surface area contributed by atoms with E-state index in [1.807, 2.05) is 48.5 Å². The normalized spacial score (nSPS) is 21.0. The molecule has 5 nitrogen and oxygen atoms in total. The van der Waals surface area contributed by atoms with Gasteiger partial charge in [-0.25, -0.2) is 0 Å². The van der Waals surface area contributed by atoms with E-state index in [0.717, 1.165) is 16.9 Å². The fourth-order valence-electron chi connectivity index (χ4n) is 3.33. The van der Waals surface area contributed by atoms with Gasteiger partial charge in [0.05, 0.1) is 7.11 Å². The Bertz CT molecular complexity index is 839. The molecule has 1 fully saturated rings. The Hall–Kier alpha value is -2.47. The third kappa shape index (κ3) is 2.76. The van der Waals surface area contributed by atoms with E-state index in [9.17, 15) is 9.59 Å². The van der Waals surface area contributed by atoms with Gasteiger partial charge in [0, 0.05) is 17.9 Å². The van der Waals surface area contributed by atoms with Gasteiger partial charge in [0.1, 0.15) is 17.2 Å². The van der Waals surface area contributed by atoms with Gasteiger partial charge in [-0.15, -0.1) is 11.8 Å². The average Bonchev–Trinajstić information content (AvgIpc) is 3.21. The van der Waals surface area contributed by atoms with Crippen LogP contribution in [0.25, 0.3) is 0 Å². The molecule has 1 unspecified atom stereocenters. The fourth-order valence-corrected chi connectivity index (χ4v) is 4.80. The molecule has 2 aliphatic rings. The summed E-state index contributed by atoms with van der Waals surface area (Å²) in [5, 5.41) is 2.91. The van der Waals surface area contributed by atoms with Crippen LogP contribution in [0.4, 0.5) is 0 Å². The number of thioether (sulfide) groups is 1. The minimum Gasteiger partial charge on any atom is -0.497 e. The molecule has 0 saturated carbocycles. The molecule has 2 aromatic carbocycles. The molecule has 0 radical (unpaired) electrons. The van der Waals surface area contributed by atoms with E-state index in [1.54, 1.807) is 23.8 Å².